The fourth-order valence-corrected chi connectivity index (χ4v) is 19.2. The number of nitrogens with zero attached hydrogens (tertiary/aromatic N) is 2. The summed E-state index contributed by atoms with van der Waals surface area (Å²) >= 11 is -5.37. The predicted octanol–water partition coefficient (Wildman–Crippen LogP) is 9.63. The summed E-state index contributed by atoms with van der Waals surface area (Å²) in [5.41, 5.74) is 1.46. The van der Waals surface area contributed by atoms with Crippen LogP contribution in [0.1, 0.15) is 74.6 Å². The molecule has 0 saturated heterocycles. The van der Waals surface area contributed by atoms with Gasteiger partial charge in [-0.05, 0) is 0 Å². The van der Waals surface area contributed by atoms with E-state index in [0.717, 1.165) is 23.3 Å². The number of benzene rings is 4. The Bertz CT molecular complexity index is 2360. The Morgan fingerprint density at radius 3 is 1.25 bits per heavy atom. The summed E-state index contributed by atoms with van der Waals surface area (Å²) < 4.78 is 128. The molecule has 6 rings (SSSR count). The number of hydrogen-bond donors (Lipinski definition) is 0. The molecule has 4 aromatic carbocycles. The van der Waals surface area contributed by atoms with Crippen LogP contribution in [0.3, 0.4) is 0 Å². The SMILES string of the molecule is CCCCN(Cc1ccc(F)[c]([Ti]([C]2=CC=CC2)([C]2=CC=CC2)[c]2c(F)ccc(CN(CCCC)S(=O)(=O)c3ccc(C)cc3)c2F)c1F)S(=O)(=O)c1ccc(C)cc1. The molecule has 0 radical (unpaired) electrons. The Labute approximate surface area is 350 Å². The van der Waals surface area contributed by atoms with Crippen molar-refractivity contribution in [1.29, 1.82) is 0 Å². The van der Waals surface area contributed by atoms with Crippen molar-refractivity contribution < 1.29 is 51.0 Å². The van der Waals surface area contributed by atoms with E-state index in [1.165, 1.54) is 45.0 Å². The first kappa shape index (κ1) is 44.6. The number of aryl methyl sites for hydroxylation is 2. The summed E-state index contributed by atoms with van der Waals surface area (Å²) in [4.78, 5) is 0.0494. The van der Waals surface area contributed by atoms with E-state index in [0.29, 0.717) is 33.4 Å². The molecule has 4 aromatic rings. The second-order valence-electron chi connectivity index (χ2n) is 15.2. The molecule has 0 heterocycles. The molecule has 0 atom stereocenters. The second kappa shape index (κ2) is 18.8. The van der Waals surface area contributed by atoms with Crippen LogP contribution in [0.25, 0.3) is 0 Å². The van der Waals surface area contributed by atoms with Crippen LogP contribution in [-0.2, 0) is 49.7 Å². The van der Waals surface area contributed by atoms with Crippen molar-refractivity contribution in [2.75, 3.05) is 13.1 Å². The van der Waals surface area contributed by atoms with Crippen LogP contribution in [0, 0.1) is 37.1 Å². The van der Waals surface area contributed by atoms with E-state index >= 15 is 17.6 Å². The molecule has 0 N–H and O–H groups in total. The van der Waals surface area contributed by atoms with Gasteiger partial charge in [0.2, 0.25) is 0 Å². The standard InChI is InChI=1S/2C18H20F2NO2S.2C5H5.Ti/c2*1-3-4-11-21(13-15-7-8-16(19)12-18(15)20)24(22,23)17-9-5-14(2)6-10-17;2*1-2-4-5-3-1;/h2*5-10H,3-4,11,13H2,1-2H3;2*1-3H,4H2;. The second-order valence-corrected chi connectivity index (χ2v) is 25.0. The Morgan fingerprint density at radius 1 is 0.559 bits per heavy atom. The summed E-state index contributed by atoms with van der Waals surface area (Å²) in [6, 6.07) is 17.2. The zero-order valence-electron chi connectivity index (χ0n) is 33.8. The van der Waals surface area contributed by atoms with Crippen molar-refractivity contribution >= 4 is 27.8 Å². The molecule has 2 aliphatic carbocycles. The summed E-state index contributed by atoms with van der Waals surface area (Å²) in [5.74, 6) is -4.10. The molecule has 0 aliphatic heterocycles. The first-order valence-electron chi connectivity index (χ1n) is 20.0. The van der Waals surface area contributed by atoms with E-state index in [-0.39, 0.29) is 46.8 Å². The van der Waals surface area contributed by atoms with Gasteiger partial charge in [0.15, 0.2) is 0 Å². The minimum absolute atomic E-state index is 0.0247. The van der Waals surface area contributed by atoms with Gasteiger partial charge in [-0.1, -0.05) is 0 Å². The summed E-state index contributed by atoms with van der Waals surface area (Å²) in [5, 5.41) is 0. The fraction of sp³-hybridized carbons (Fsp3) is 0.304. The van der Waals surface area contributed by atoms with Crippen molar-refractivity contribution in [2.45, 2.75) is 89.1 Å². The quantitative estimate of drug-likeness (QED) is 0.0738. The number of hydrogen-bond acceptors (Lipinski definition) is 4. The molecule has 13 heteroatoms. The van der Waals surface area contributed by atoms with Gasteiger partial charge in [-0.15, -0.1) is 0 Å². The molecule has 0 spiro atoms. The van der Waals surface area contributed by atoms with Gasteiger partial charge in [0.25, 0.3) is 0 Å². The monoisotopic (exact) mass is 882 g/mol. The molecule has 0 unspecified atom stereocenters. The van der Waals surface area contributed by atoms with Crippen LogP contribution < -0.4 is 7.74 Å². The normalized spacial score (nSPS) is 14.5. The van der Waals surface area contributed by atoms with Gasteiger partial charge >= 0.3 is 352 Å². The van der Waals surface area contributed by atoms with E-state index in [1.54, 1.807) is 60.7 Å². The van der Waals surface area contributed by atoms with Gasteiger partial charge in [-0.25, -0.2) is 0 Å². The van der Waals surface area contributed by atoms with Crippen LogP contribution in [0.15, 0.2) is 127 Å². The average Bonchev–Trinajstić information content (AvgIpc) is 3.96. The molecule has 6 nitrogen and oxygen atoms in total. The minimum atomic E-state index is -5.37. The summed E-state index contributed by atoms with van der Waals surface area (Å²) in [7, 11) is -8.29. The Hall–Kier alpha value is -3.91. The average molecular weight is 883 g/mol. The molecule has 59 heavy (non-hydrogen) atoms. The molecule has 0 fully saturated rings. The Kier molecular flexibility index (Phi) is 14.2. The molecule has 0 saturated carbocycles. The zero-order valence-corrected chi connectivity index (χ0v) is 37.0. The first-order valence-corrected chi connectivity index (χ1v) is 26.0. The Morgan fingerprint density at radius 2 is 0.932 bits per heavy atom. The number of rotatable bonds is 18. The van der Waals surface area contributed by atoms with E-state index in [9.17, 15) is 16.8 Å². The van der Waals surface area contributed by atoms with Crippen LogP contribution in [0.5, 0.6) is 0 Å². The number of sulfonamides is 2. The maximum atomic E-state index is 17.8. The van der Waals surface area contributed by atoms with Crippen molar-refractivity contribution in [3.63, 3.8) is 0 Å². The zero-order chi connectivity index (χ0) is 42.5. The maximum absolute atomic E-state index is 17.8. The number of allylic oxidation sites excluding steroid dienone is 8. The number of unbranched alkanes of at least 4 members (excludes halogenated alkanes) is 2. The fourth-order valence-electron chi connectivity index (χ4n) is 7.88. The van der Waals surface area contributed by atoms with Crippen molar-refractivity contribution in [1.82, 2.24) is 8.61 Å². The van der Waals surface area contributed by atoms with Gasteiger partial charge in [-0.2, -0.15) is 0 Å². The third-order valence-corrected chi connectivity index (χ3v) is 22.8. The third-order valence-electron chi connectivity index (χ3n) is 11.1. The molecule has 0 aromatic heterocycles. The van der Waals surface area contributed by atoms with Crippen LogP contribution >= 0.6 is 0 Å². The van der Waals surface area contributed by atoms with E-state index < -0.39 is 80.7 Å². The van der Waals surface area contributed by atoms with Crippen LogP contribution in [0.2, 0.25) is 0 Å². The molecular weight excluding hydrogens is 833 g/mol. The van der Waals surface area contributed by atoms with Crippen LogP contribution in [-0.4, -0.2) is 38.5 Å². The van der Waals surface area contributed by atoms with Crippen molar-refractivity contribution in [2.24, 2.45) is 0 Å². The first-order chi connectivity index (χ1) is 28.2. The van der Waals surface area contributed by atoms with Gasteiger partial charge in [-0.3, -0.25) is 0 Å². The van der Waals surface area contributed by atoms with Crippen LogP contribution in [0.4, 0.5) is 17.6 Å². The summed E-state index contributed by atoms with van der Waals surface area (Å²) in [6.45, 7) is 6.69. The van der Waals surface area contributed by atoms with Crippen molar-refractivity contribution in [3.8, 4) is 0 Å². The molecule has 2 aliphatic rings. The molecule has 0 bridgehead atoms. The van der Waals surface area contributed by atoms with E-state index in [1.807, 2.05) is 27.7 Å². The molecule has 312 valence electrons. The van der Waals surface area contributed by atoms with Gasteiger partial charge < -0.3 is 0 Å². The van der Waals surface area contributed by atoms with E-state index in [4.69, 9.17) is 0 Å². The number of halogens is 4. The van der Waals surface area contributed by atoms with Crippen molar-refractivity contribution in [3.05, 3.63) is 163 Å². The molecular formula is C46H50F4N2O4S2Ti. The summed E-state index contributed by atoms with van der Waals surface area (Å²) in [6.07, 6.45) is 12.9. The van der Waals surface area contributed by atoms with Gasteiger partial charge in [0, 0.05) is 0 Å². The Balaban J connectivity index is 1.56. The predicted molar refractivity (Wildman–Crippen MR) is 223 cm³/mol. The third kappa shape index (κ3) is 8.95. The van der Waals surface area contributed by atoms with Gasteiger partial charge in [0.1, 0.15) is 0 Å². The topological polar surface area (TPSA) is 74.8 Å². The van der Waals surface area contributed by atoms with E-state index in [2.05, 4.69) is 0 Å². The van der Waals surface area contributed by atoms with Gasteiger partial charge in [0.05, 0.1) is 0 Å². The molecule has 0 amide bonds.